The first kappa shape index (κ1) is 15.7. The van der Waals surface area contributed by atoms with E-state index in [1.165, 1.54) is 5.56 Å². The Balaban J connectivity index is 2.13. The number of nitrogens with one attached hydrogen (secondary N) is 1. The summed E-state index contributed by atoms with van der Waals surface area (Å²) < 4.78 is 1.01. The number of oxime groups is 1. The number of hydrogen-bond donors (Lipinski definition) is 3. The molecule has 4 N–H and O–H groups in total. The molecule has 0 radical (unpaired) electrons. The molecule has 0 saturated heterocycles. The van der Waals surface area contributed by atoms with Crippen molar-refractivity contribution in [3.63, 3.8) is 0 Å². The molecule has 0 unspecified atom stereocenters. The van der Waals surface area contributed by atoms with Crippen LogP contribution in [0.1, 0.15) is 16.7 Å². The topological polar surface area (TPSA) is 70.6 Å². The molecular formula is C15H15BrClN3O. The summed E-state index contributed by atoms with van der Waals surface area (Å²) in [5.74, 6) is 0.0395. The Labute approximate surface area is 136 Å². The van der Waals surface area contributed by atoms with Gasteiger partial charge in [0.25, 0.3) is 0 Å². The first-order valence-corrected chi connectivity index (χ1v) is 7.44. The quantitative estimate of drug-likeness (QED) is 0.329. The van der Waals surface area contributed by atoms with Gasteiger partial charge >= 0.3 is 0 Å². The van der Waals surface area contributed by atoms with Crippen LogP contribution in [0.3, 0.4) is 0 Å². The first-order valence-electron chi connectivity index (χ1n) is 6.27. The number of aryl methyl sites for hydroxylation is 1. The molecule has 2 aromatic rings. The van der Waals surface area contributed by atoms with Crippen molar-refractivity contribution in [2.24, 2.45) is 10.9 Å². The van der Waals surface area contributed by atoms with Gasteiger partial charge in [-0.15, -0.1) is 0 Å². The maximum absolute atomic E-state index is 8.66. The van der Waals surface area contributed by atoms with Crippen LogP contribution in [0.25, 0.3) is 0 Å². The van der Waals surface area contributed by atoms with Gasteiger partial charge in [0.15, 0.2) is 5.84 Å². The second-order valence-corrected chi connectivity index (χ2v) is 5.89. The van der Waals surface area contributed by atoms with E-state index in [2.05, 4.69) is 26.4 Å². The molecule has 0 aliphatic heterocycles. The number of nitrogens with two attached hydrogens (primary N) is 1. The highest BCUT2D eigenvalue weighted by molar-refractivity contribution is 9.10. The van der Waals surface area contributed by atoms with E-state index in [0.717, 1.165) is 15.7 Å². The minimum absolute atomic E-state index is 0.0395. The van der Waals surface area contributed by atoms with Crippen LogP contribution in [0.15, 0.2) is 46.0 Å². The van der Waals surface area contributed by atoms with Gasteiger partial charge in [-0.3, -0.25) is 0 Å². The lowest BCUT2D eigenvalue weighted by molar-refractivity contribution is 0.318. The molecule has 0 atom stereocenters. The third kappa shape index (κ3) is 3.89. The van der Waals surface area contributed by atoms with Crippen LogP contribution in [0.4, 0.5) is 5.69 Å². The lowest BCUT2D eigenvalue weighted by atomic mass is 10.1. The van der Waals surface area contributed by atoms with Gasteiger partial charge < -0.3 is 16.3 Å². The van der Waals surface area contributed by atoms with Crippen molar-refractivity contribution in [3.8, 4) is 0 Å². The summed E-state index contributed by atoms with van der Waals surface area (Å²) in [6.45, 7) is 2.62. The monoisotopic (exact) mass is 367 g/mol. The Morgan fingerprint density at radius 3 is 2.71 bits per heavy atom. The van der Waals surface area contributed by atoms with Crippen LogP contribution in [-0.4, -0.2) is 11.0 Å². The van der Waals surface area contributed by atoms with Crippen LogP contribution in [0, 0.1) is 6.92 Å². The maximum atomic E-state index is 8.66. The first-order chi connectivity index (χ1) is 10.0. The van der Waals surface area contributed by atoms with Crippen LogP contribution >= 0.6 is 27.5 Å². The molecule has 0 amide bonds. The Kier molecular flexibility index (Phi) is 5.09. The number of amidine groups is 1. The summed E-state index contributed by atoms with van der Waals surface area (Å²) >= 11 is 9.74. The van der Waals surface area contributed by atoms with Crippen molar-refractivity contribution in [3.05, 3.63) is 62.6 Å². The molecule has 110 valence electrons. The van der Waals surface area contributed by atoms with Gasteiger partial charge in [0.05, 0.1) is 0 Å². The van der Waals surface area contributed by atoms with Crippen molar-refractivity contribution < 1.29 is 5.21 Å². The van der Waals surface area contributed by atoms with Crippen LogP contribution in [-0.2, 0) is 6.54 Å². The van der Waals surface area contributed by atoms with Crippen LogP contribution < -0.4 is 11.1 Å². The highest BCUT2D eigenvalue weighted by atomic mass is 79.9. The lowest BCUT2D eigenvalue weighted by Crippen LogP contribution is -2.13. The molecule has 4 nitrogen and oxygen atoms in total. The molecule has 0 fully saturated rings. The predicted octanol–water partition coefficient (Wildman–Crippen LogP) is 4.12. The smallest absolute Gasteiger partial charge is 0.170 e. The molecule has 2 rings (SSSR count). The van der Waals surface area contributed by atoms with E-state index in [1.54, 1.807) is 12.1 Å². The van der Waals surface area contributed by atoms with Crippen molar-refractivity contribution in [2.45, 2.75) is 13.5 Å². The number of benzene rings is 2. The van der Waals surface area contributed by atoms with Crippen molar-refractivity contribution in [2.75, 3.05) is 5.32 Å². The summed E-state index contributed by atoms with van der Waals surface area (Å²) in [6.07, 6.45) is 0. The van der Waals surface area contributed by atoms with E-state index >= 15 is 0 Å². The van der Waals surface area contributed by atoms with Gasteiger partial charge in [-0.1, -0.05) is 35.0 Å². The molecule has 21 heavy (non-hydrogen) atoms. The fourth-order valence-corrected chi connectivity index (χ4v) is 2.74. The van der Waals surface area contributed by atoms with Crippen molar-refractivity contribution in [1.82, 2.24) is 0 Å². The Hall–Kier alpha value is -1.72. The highest BCUT2D eigenvalue weighted by Gasteiger charge is 2.06. The van der Waals surface area contributed by atoms with E-state index < -0.39 is 0 Å². The van der Waals surface area contributed by atoms with E-state index in [1.807, 2.05) is 31.2 Å². The minimum atomic E-state index is 0.0395. The van der Waals surface area contributed by atoms with Crippen LogP contribution in [0.5, 0.6) is 0 Å². The van der Waals surface area contributed by atoms with E-state index in [0.29, 0.717) is 17.1 Å². The van der Waals surface area contributed by atoms with Crippen molar-refractivity contribution in [1.29, 1.82) is 0 Å². The van der Waals surface area contributed by atoms with Gasteiger partial charge in [0.1, 0.15) is 0 Å². The molecule has 0 heterocycles. The SMILES string of the molecule is Cc1ccc(NCc2ccc(/C(N)=N/O)cc2Cl)c(Br)c1. The number of hydrogen-bond acceptors (Lipinski definition) is 3. The Morgan fingerprint density at radius 2 is 2.10 bits per heavy atom. The van der Waals surface area contributed by atoms with Gasteiger partial charge in [-0.25, -0.2) is 0 Å². The summed E-state index contributed by atoms with van der Waals surface area (Å²) in [4.78, 5) is 0. The zero-order chi connectivity index (χ0) is 15.4. The number of anilines is 1. The average Bonchev–Trinajstić information content (AvgIpc) is 2.46. The molecule has 0 spiro atoms. The average molecular weight is 369 g/mol. The highest BCUT2D eigenvalue weighted by Crippen LogP contribution is 2.25. The molecule has 0 bridgehead atoms. The normalized spacial score (nSPS) is 11.5. The third-order valence-corrected chi connectivity index (χ3v) is 4.06. The van der Waals surface area contributed by atoms with E-state index in [-0.39, 0.29) is 5.84 Å². The minimum Gasteiger partial charge on any atom is -0.409 e. The molecule has 0 aliphatic rings. The fraction of sp³-hybridized carbons (Fsp3) is 0.133. The summed E-state index contributed by atoms with van der Waals surface area (Å²) in [6, 6.07) is 11.4. The zero-order valence-electron chi connectivity index (χ0n) is 11.4. The Morgan fingerprint density at radius 1 is 1.33 bits per heavy atom. The number of nitrogens with zero attached hydrogens (tertiary/aromatic N) is 1. The largest absolute Gasteiger partial charge is 0.409 e. The van der Waals surface area contributed by atoms with Gasteiger partial charge in [-0.05, 0) is 52.2 Å². The molecule has 0 aliphatic carbocycles. The zero-order valence-corrected chi connectivity index (χ0v) is 13.7. The number of rotatable bonds is 4. The predicted molar refractivity (Wildman–Crippen MR) is 90.2 cm³/mol. The second kappa shape index (κ2) is 6.83. The van der Waals surface area contributed by atoms with Crippen LogP contribution in [0.2, 0.25) is 5.02 Å². The summed E-state index contributed by atoms with van der Waals surface area (Å²) in [7, 11) is 0. The summed E-state index contributed by atoms with van der Waals surface area (Å²) in [5, 5.41) is 15.5. The maximum Gasteiger partial charge on any atom is 0.170 e. The van der Waals surface area contributed by atoms with Gasteiger partial charge in [0.2, 0.25) is 0 Å². The summed E-state index contributed by atoms with van der Waals surface area (Å²) in [5.41, 5.74) is 9.23. The standard InChI is InChI=1S/C15H15BrClN3O/c1-9-2-5-14(12(16)6-9)19-8-11-4-3-10(7-13(11)17)15(18)20-21/h2-7,19,21H,8H2,1H3,(H2,18,20). The molecular weight excluding hydrogens is 354 g/mol. The molecule has 0 saturated carbocycles. The Bertz CT molecular complexity index is 689. The fourth-order valence-electron chi connectivity index (χ4n) is 1.86. The molecule has 6 heteroatoms. The van der Waals surface area contributed by atoms with E-state index in [4.69, 9.17) is 22.5 Å². The van der Waals surface area contributed by atoms with Crippen molar-refractivity contribution >= 4 is 39.1 Å². The van der Waals surface area contributed by atoms with Gasteiger partial charge in [0, 0.05) is 27.3 Å². The third-order valence-electron chi connectivity index (χ3n) is 3.05. The lowest BCUT2D eigenvalue weighted by Gasteiger charge is -2.11. The second-order valence-electron chi connectivity index (χ2n) is 4.63. The molecule has 0 aromatic heterocycles. The van der Waals surface area contributed by atoms with E-state index in [9.17, 15) is 0 Å². The molecule has 2 aromatic carbocycles. The number of halogens is 2. The van der Waals surface area contributed by atoms with Gasteiger partial charge in [-0.2, -0.15) is 0 Å².